The van der Waals surface area contributed by atoms with Gasteiger partial charge in [0.2, 0.25) is 0 Å². The lowest BCUT2D eigenvalue weighted by Crippen LogP contribution is -2.34. The van der Waals surface area contributed by atoms with E-state index in [9.17, 15) is 4.79 Å². The van der Waals surface area contributed by atoms with Crippen LogP contribution in [-0.2, 0) is 72.0 Å². The third-order valence-electron chi connectivity index (χ3n) is 8.45. The van der Waals surface area contributed by atoms with E-state index in [0.717, 1.165) is 16.7 Å². The molecule has 0 N–H and O–H groups in total. The summed E-state index contributed by atoms with van der Waals surface area (Å²) in [5.74, 6) is -0.389. The smallest absolute Gasteiger partial charge is 0.332 e. The minimum atomic E-state index is -0.758. The van der Waals surface area contributed by atoms with Gasteiger partial charge < -0.3 is 61.6 Å². The molecule has 0 spiro atoms. The first kappa shape index (κ1) is 52.0. The van der Waals surface area contributed by atoms with E-state index in [1.807, 2.05) is 75.4 Å². The summed E-state index contributed by atoms with van der Waals surface area (Å²) in [6.45, 7) is 15.5. The van der Waals surface area contributed by atoms with Crippen molar-refractivity contribution >= 4 is 5.97 Å². The molecule has 0 unspecified atom stereocenters. The van der Waals surface area contributed by atoms with E-state index in [4.69, 9.17) is 61.6 Å². The Balaban J connectivity index is 1.01. The predicted octanol–water partition coefficient (Wildman–Crippen LogP) is 5.52. The first-order chi connectivity index (χ1) is 29.9. The molecule has 14 nitrogen and oxygen atoms in total. The molecule has 0 bridgehead atoms. The van der Waals surface area contributed by atoms with Crippen molar-refractivity contribution in [3.63, 3.8) is 0 Å². The Bertz CT molecular complexity index is 1350. The van der Waals surface area contributed by atoms with Gasteiger partial charge in [0.15, 0.2) is 0 Å². The van der Waals surface area contributed by atoms with Crippen molar-refractivity contribution in [2.75, 3.05) is 152 Å². The molecule has 0 radical (unpaired) electrons. The number of rotatable bonds is 39. The lowest BCUT2D eigenvalue weighted by Gasteiger charge is -2.36. The number of benzene rings is 3. The molecule has 342 valence electrons. The number of hydrogen-bond acceptors (Lipinski definition) is 14. The highest BCUT2D eigenvalue weighted by Crippen LogP contribution is 2.40. The highest BCUT2D eigenvalue weighted by molar-refractivity contribution is 5.71. The van der Waals surface area contributed by atoms with Gasteiger partial charge in [-0.3, -0.25) is 0 Å². The molecule has 0 aliphatic rings. The zero-order valence-electron chi connectivity index (χ0n) is 36.6. The predicted molar refractivity (Wildman–Crippen MR) is 230 cm³/mol. The van der Waals surface area contributed by atoms with Gasteiger partial charge in [0.1, 0.15) is 17.8 Å². The molecule has 0 aliphatic carbocycles. The van der Waals surface area contributed by atoms with Crippen molar-refractivity contribution in [3.05, 3.63) is 108 Å². The van der Waals surface area contributed by atoms with Crippen molar-refractivity contribution in [1.82, 2.24) is 0 Å². The Labute approximate surface area is 363 Å². The largest absolute Gasteiger partial charge is 0.458 e. The van der Waals surface area contributed by atoms with E-state index in [0.29, 0.717) is 145 Å². The summed E-state index contributed by atoms with van der Waals surface area (Å²) in [5.41, 5.74) is 1.91. The number of carbonyl (C=O) groups is 1. The molecule has 0 heterocycles. The zero-order valence-corrected chi connectivity index (χ0v) is 36.6. The Kier molecular flexibility index (Phi) is 29.1. The van der Waals surface area contributed by atoms with Gasteiger partial charge in [0.25, 0.3) is 0 Å². The normalized spacial score (nSPS) is 11.9. The van der Waals surface area contributed by atoms with Crippen LogP contribution < -0.4 is 0 Å². The average molecular weight is 859 g/mol. The van der Waals surface area contributed by atoms with Gasteiger partial charge in [0.05, 0.1) is 145 Å². The van der Waals surface area contributed by atoms with Crippen LogP contribution in [0.1, 0.15) is 37.5 Å². The standard InChI is InChI=1S/C47H70O14/c1-46(2,3)61-45(48)41-59-38-37-57-34-33-55-30-29-53-26-25-51-22-21-49-19-20-50-23-24-52-27-28-54-31-32-56-35-36-58-39-40-60-47(42-13-7-4-8-14-42,43-15-9-5-10-16-43)44-17-11-6-12-18-44/h4-18H,19-41H2,1-3H3. The zero-order chi connectivity index (χ0) is 43.4. The second-order valence-corrected chi connectivity index (χ2v) is 14.4. The number of ether oxygens (including phenoxy) is 13. The molecule has 3 aromatic rings. The molecular weight excluding hydrogens is 789 g/mol. The Hall–Kier alpha value is -3.35. The van der Waals surface area contributed by atoms with Gasteiger partial charge in [-0.25, -0.2) is 4.79 Å². The fraction of sp³-hybridized carbons (Fsp3) is 0.596. The highest BCUT2D eigenvalue weighted by atomic mass is 16.6. The van der Waals surface area contributed by atoms with Gasteiger partial charge in [-0.1, -0.05) is 91.0 Å². The summed E-state index contributed by atoms with van der Waals surface area (Å²) in [4.78, 5) is 11.5. The molecule has 0 atom stereocenters. The van der Waals surface area contributed by atoms with Crippen molar-refractivity contribution in [1.29, 1.82) is 0 Å². The fourth-order valence-electron chi connectivity index (χ4n) is 5.75. The lowest BCUT2D eigenvalue weighted by molar-refractivity contribution is -0.160. The van der Waals surface area contributed by atoms with E-state index < -0.39 is 11.2 Å². The molecule has 3 rings (SSSR count). The van der Waals surface area contributed by atoms with Crippen LogP contribution in [0.2, 0.25) is 0 Å². The first-order valence-electron chi connectivity index (χ1n) is 21.3. The topological polar surface area (TPSA) is 137 Å². The Morgan fingerprint density at radius 2 is 0.574 bits per heavy atom. The summed E-state index contributed by atoms with van der Waals surface area (Å²) in [6.07, 6.45) is 0. The van der Waals surface area contributed by atoms with E-state index in [2.05, 4.69) is 36.4 Å². The average Bonchev–Trinajstić information content (AvgIpc) is 3.26. The summed E-state index contributed by atoms with van der Waals surface area (Å²) in [6, 6.07) is 30.9. The maximum absolute atomic E-state index is 11.5. The van der Waals surface area contributed by atoms with E-state index >= 15 is 0 Å². The van der Waals surface area contributed by atoms with Crippen molar-refractivity contribution < 1.29 is 66.4 Å². The number of esters is 1. The van der Waals surface area contributed by atoms with Crippen LogP contribution in [0.5, 0.6) is 0 Å². The van der Waals surface area contributed by atoms with Crippen LogP contribution in [0.25, 0.3) is 0 Å². The van der Waals surface area contributed by atoms with Gasteiger partial charge >= 0.3 is 5.97 Å². The van der Waals surface area contributed by atoms with Crippen LogP contribution in [0.3, 0.4) is 0 Å². The van der Waals surface area contributed by atoms with Gasteiger partial charge in [-0.15, -0.1) is 0 Å². The molecule has 3 aromatic carbocycles. The number of carbonyl (C=O) groups excluding carboxylic acids is 1. The molecule has 0 fully saturated rings. The molecule has 0 aliphatic heterocycles. The maximum Gasteiger partial charge on any atom is 0.332 e. The minimum Gasteiger partial charge on any atom is -0.458 e. The van der Waals surface area contributed by atoms with Crippen LogP contribution in [-0.4, -0.2) is 164 Å². The quantitative estimate of drug-likeness (QED) is 0.0405. The van der Waals surface area contributed by atoms with Crippen LogP contribution in [0, 0.1) is 0 Å². The molecule has 0 saturated carbocycles. The van der Waals surface area contributed by atoms with Crippen LogP contribution in [0.4, 0.5) is 0 Å². The molecule has 14 heteroatoms. The maximum atomic E-state index is 11.5. The second-order valence-electron chi connectivity index (χ2n) is 14.4. The number of hydrogen-bond donors (Lipinski definition) is 0. The SMILES string of the molecule is CC(C)(C)OC(=O)COCCOCCOCCOCCOCCOCCOCCOCCOCCOCCOCCOC(c1ccccc1)(c1ccccc1)c1ccccc1. The molecule has 61 heavy (non-hydrogen) atoms. The van der Waals surface area contributed by atoms with E-state index in [-0.39, 0.29) is 12.6 Å². The van der Waals surface area contributed by atoms with Crippen molar-refractivity contribution in [2.45, 2.75) is 32.0 Å². The van der Waals surface area contributed by atoms with Gasteiger partial charge in [-0.2, -0.15) is 0 Å². The fourth-order valence-corrected chi connectivity index (χ4v) is 5.75. The molecule has 0 amide bonds. The molecule has 0 aromatic heterocycles. The first-order valence-corrected chi connectivity index (χ1v) is 21.3. The highest BCUT2D eigenvalue weighted by Gasteiger charge is 2.37. The van der Waals surface area contributed by atoms with E-state index in [1.165, 1.54) is 0 Å². The second kappa shape index (κ2) is 34.2. The summed E-state index contributed by atoms with van der Waals surface area (Å²) in [5, 5.41) is 0. The van der Waals surface area contributed by atoms with Crippen molar-refractivity contribution in [2.24, 2.45) is 0 Å². The molecular formula is C47H70O14. The monoisotopic (exact) mass is 858 g/mol. The minimum absolute atomic E-state index is 0.0871. The van der Waals surface area contributed by atoms with E-state index in [1.54, 1.807) is 0 Å². The summed E-state index contributed by atoms with van der Waals surface area (Å²) in [7, 11) is 0. The summed E-state index contributed by atoms with van der Waals surface area (Å²) >= 11 is 0. The molecule has 0 saturated heterocycles. The van der Waals surface area contributed by atoms with Crippen LogP contribution >= 0.6 is 0 Å². The third-order valence-corrected chi connectivity index (χ3v) is 8.45. The summed E-state index contributed by atoms with van der Waals surface area (Å²) < 4.78 is 72.7. The Morgan fingerprint density at radius 1 is 0.344 bits per heavy atom. The van der Waals surface area contributed by atoms with Gasteiger partial charge in [0, 0.05) is 0 Å². The third kappa shape index (κ3) is 24.8. The van der Waals surface area contributed by atoms with Gasteiger partial charge in [-0.05, 0) is 37.5 Å². The lowest BCUT2D eigenvalue weighted by atomic mass is 9.80. The van der Waals surface area contributed by atoms with Crippen LogP contribution in [0.15, 0.2) is 91.0 Å². The van der Waals surface area contributed by atoms with Crippen molar-refractivity contribution in [3.8, 4) is 0 Å². The Morgan fingerprint density at radius 3 is 0.820 bits per heavy atom.